The molecule has 90 valence electrons. The van der Waals surface area contributed by atoms with Gasteiger partial charge in [-0.3, -0.25) is 4.79 Å². The van der Waals surface area contributed by atoms with Gasteiger partial charge in [-0.2, -0.15) is 0 Å². The third-order valence-corrected chi connectivity index (χ3v) is 1.91. The lowest BCUT2D eigenvalue weighted by atomic mass is 10.1. The molecule has 0 saturated heterocycles. The number of amides is 1. The minimum absolute atomic E-state index is 0. The van der Waals surface area contributed by atoms with Crippen molar-refractivity contribution < 1.29 is 9.53 Å². The van der Waals surface area contributed by atoms with Crippen LogP contribution in [0.5, 0.6) is 5.75 Å². The zero-order chi connectivity index (χ0) is 11.4. The van der Waals surface area contributed by atoms with Gasteiger partial charge in [0.25, 0.3) is 5.91 Å². The Morgan fingerprint density at radius 3 is 2.50 bits per heavy atom. The van der Waals surface area contributed by atoms with E-state index in [9.17, 15) is 4.79 Å². The molecule has 0 aliphatic rings. The summed E-state index contributed by atoms with van der Waals surface area (Å²) in [5, 5.41) is 2.79. The monoisotopic (exact) mass is 244 g/mol. The molecule has 1 aromatic rings. The molecule has 1 aromatic carbocycles. The fourth-order valence-electron chi connectivity index (χ4n) is 1.22. The Morgan fingerprint density at radius 2 is 2.06 bits per heavy atom. The molecule has 0 fully saturated rings. The van der Waals surface area contributed by atoms with Gasteiger partial charge in [-0.15, -0.1) is 12.4 Å². The van der Waals surface area contributed by atoms with E-state index in [-0.39, 0.29) is 24.4 Å². The minimum Gasteiger partial charge on any atom is -0.495 e. The number of carbonyl (C=O) groups excluding carboxylic acids is 1. The highest BCUT2D eigenvalue weighted by molar-refractivity contribution is 5.95. The second kappa shape index (κ2) is 6.23. The third kappa shape index (κ3) is 3.62. The van der Waals surface area contributed by atoms with Crippen molar-refractivity contribution in [3.63, 3.8) is 0 Å². The molecule has 0 heterocycles. The quantitative estimate of drug-likeness (QED) is 0.798. The average molecular weight is 245 g/mol. The van der Waals surface area contributed by atoms with E-state index in [1.54, 1.807) is 25.3 Å². The van der Waals surface area contributed by atoms with Crippen molar-refractivity contribution in [2.45, 2.75) is 19.9 Å². The van der Waals surface area contributed by atoms with Crippen LogP contribution < -0.4 is 15.8 Å². The van der Waals surface area contributed by atoms with Gasteiger partial charge in [-0.05, 0) is 32.0 Å². The lowest BCUT2D eigenvalue weighted by Gasteiger charge is -2.10. The normalized spacial score (nSPS) is 9.50. The Hall–Kier alpha value is -1.42. The smallest absolute Gasteiger partial charge is 0.251 e. The van der Waals surface area contributed by atoms with Crippen LogP contribution in [-0.4, -0.2) is 19.1 Å². The van der Waals surface area contributed by atoms with Crippen molar-refractivity contribution in [3.8, 4) is 5.75 Å². The van der Waals surface area contributed by atoms with Crippen LogP contribution in [0.1, 0.15) is 24.2 Å². The minimum atomic E-state index is -0.126. The number of halogens is 1. The summed E-state index contributed by atoms with van der Waals surface area (Å²) in [6, 6.07) is 5.09. The van der Waals surface area contributed by atoms with Crippen LogP contribution in [-0.2, 0) is 0 Å². The molecule has 0 unspecified atom stereocenters. The summed E-state index contributed by atoms with van der Waals surface area (Å²) in [4.78, 5) is 11.6. The first kappa shape index (κ1) is 14.6. The maximum Gasteiger partial charge on any atom is 0.251 e. The average Bonchev–Trinajstić information content (AvgIpc) is 2.16. The molecule has 1 rings (SSSR count). The number of nitrogens with two attached hydrogens (primary N) is 1. The number of rotatable bonds is 3. The lowest BCUT2D eigenvalue weighted by molar-refractivity contribution is 0.0943. The van der Waals surface area contributed by atoms with Crippen LogP contribution in [0.25, 0.3) is 0 Å². The summed E-state index contributed by atoms with van der Waals surface area (Å²) < 4.78 is 5.00. The molecule has 0 saturated carbocycles. The molecule has 0 bridgehead atoms. The van der Waals surface area contributed by atoms with Crippen molar-refractivity contribution in [3.05, 3.63) is 23.8 Å². The van der Waals surface area contributed by atoms with Crippen LogP contribution in [0.2, 0.25) is 0 Å². The molecule has 5 heteroatoms. The number of methoxy groups -OCH3 is 1. The molecule has 0 radical (unpaired) electrons. The van der Waals surface area contributed by atoms with Crippen LogP contribution in [0.3, 0.4) is 0 Å². The van der Waals surface area contributed by atoms with E-state index < -0.39 is 0 Å². The van der Waals surface area contributed by atoms with Crippen molar-refractivity contribution in [2.75, 3.05) is 12.8 Å². The Balaban J connectivity index is 0.00000225. The van der Waals surface area contributed by atoms with Crippen LogP contribution in [0.4, 0.5) is 5.69 Å². The standard InChI is InChI=1S/C11H16N2O2.ClH/c1-7(2)13-11(14)8-4-5-10(15-3)9(12)6-8;/h4-7H,12H2,1-3H3,(H,13,14);1H. The molecule has 0 aliphatic carbocycles. The highest BCUT2D eigenvalue weighted by Gasteiger charge is 2.08. The summed E-state index contributed by atoms with van der Waals surface area (Å²) in [7, 11) is 1.54. The Bertz CT molecular complexity index is 367. The Kier molecular flexibility index (Phi) is 5.67. The summed E-state index contributed by atoms with van der Waals surface area (Å²) in [5.41, 5.74) is 6.71. The topological polar surface area (TPSA) is 64.3 Å². The molecule has 4 nitrogen and oxygen atoms in total. The van der Waals surface area contributed by atoms with E-state index in [2.05, 4.69) is 5.32 Å². The van der Waals surface area contributed by atoms with Crippen molar-refractivity contribution >= 4 is 24.0 Å². The maximum absolute atomic E-state index is 11.6. The van der Waals surface area contributed by atoms with E-state index in [0.717, 1.165) is 0 Å². The van der Waals surface area contributed by atoms with Crippen LogP contribution in [0.15, 0.2) is 18.2 Å². The Morgan fingerprint density at radius 1 is 1.44 bits per heavy atom. The number of ether oxygens (including phenoxy) is 1. The van der Waals surface area contributed by atoms with Gasteiger partial charge in [0.2, 0.25) is 0 Å². The second-order valence-electron chi connectivity index (χ2n) is 3.58. The number of anilines is 1. The van der Waals surface area contributed by atoms with Crippen molar-refractivity contribution in [2.24, 2.45) is 0 Å². The number of nitrogen functional groups attached to an aromatic ring is 1. The summed E-state index contributed by atoms with van der Waals surface area (Å²) in [6.07, 6.45) is 0. The molecule has 0 aromatic heterocycles. The molecule has 0 atom stereocenters. The predicted molar refractivity (Wildman–Crippen MR) is 67.3 cm³/mol. The maximum atomic E-state index is 11.6. The molecule has 16 heavy (non-hydrogen) atoms. The number of carbonyl (C=O) groups is 1. The van der Waals surface area contributed by atoms with Gasteiger partial charge in [0.1, 0.15) is 5.75 Å². The lowest BCUT2D eigenvalue weighted by Crippen LogP contribution is -2.30. The van der Waals surface area contributed by atoms with E-state index in [4.69, 9.17) is 10.5 Å². The first-order valence-corrected chi connectivity index (χ1v) is 4.79. The largest absolute Gasteiger partial charge is 0.495 e. The zero-order valence-electron chi connectivity index (χ0n) is 9.61. The predicted octanol–water partition coefficient (Wildman–Crippen LogP) is 1.84. The van der Waals surface area contributed by atoms with Gasteiger partial charge in [-0.1, -0.05) is 0 Å². The van der Waals surface area contributed by atoms with Crippen LogP contribution in [0, 0.1) is 0 Å². The van der Waals surface area contributed by atoms with E-state index >= 15 is 0 Å². The summed E-state index contributed by atoms with van der Waals surface area (Å²) in [6.45, 7) is 3.82. The highest BCUT2D eigenvalue weighted by atomic mass is 35.5. The fraction of sp³-hybridized carbons (Fsp3) is 0.364. The first-order chi connectivity index (χ1) is 7.04. The molecule has 1 amide bonds. The van der Waals surface area contributed by atoms with Gasteiger partial charge < -0.3 is 15.8 Å². The Labute approximate surface area is 102 Å². The van der Waals surface area contributed by atoms with Gasteiger partial charge >= 0.3 is 0 Å². The number of benzene rings is 1. The van der Waals surface area contributed by atoms with Crippen molar-refractivity contribution in [1.29, 1.82) is 0 Å². The molecule has 3 N–H and O–H groups in total. The zero-order valence-corrected chi connectivity index (χ0v) is 10.4. The second-order valence-corrected chi connectivity index (χ2v) is 3.58. The van der Waals surface area contributed by atoms with Crippen LogP contribution >= 0.6 is 12.4 Å². The number of hydrogen-bond donors (Lipinski definition) is 2. The highest BCUT2D eigenvalue weighted by Crippen LogP contribution is 2.21. The van der Waals surface area contributed by atoms with E-state index in [0.29, 0.717) is 17.0 Å². The molecular weight excluding hydrogens is 228 g/mol. The molecule has 0 spiro atoms. The van der Waals surface area contributed by atoms with Crippen molar-refractivity contribution in [1.82, 2.24) is 5.32 Å². The van der Waals surface area contributed by atoms with E-state index in [1.807, 2.05) is 13.8 Å². The number of nitrogens with one attached hydrogen (secondary N) is 1. The summed E-state index contributed by atoms with van der Waals surface area (Å²) >= 11 is 0. The SMILES string of the molecule is COc1ccc(C(=O)NC(C)C)cc1N.Cl. The van der Waals surface area contributed by atoms with E-state index in [1.165, 1.54) is 0 Å². The van der Waals surface area contributed by atoms with Gasteiger partial charge in [0.05, 0.1) is 12.8 Å². The first-order valence-electron chi connectivity index (χ1n) is 4.79. The fourth-order valence-corrected chi connectivity index (χ4v) is 1.22. The summed E-state index contributed by atoms with van der Waals surface area (Å²) in [5.74, 6) is 0.454. The molecule has 0 aliphatic heterocycles. The molecular formula is C11H17ClN2O2. The van der Waals surface area contributed by atoms with Gasteiger partial charge in [0, 0.05) is 11.6 Å². The number of hydrogen-bond acceptors (Lipinski definition) is 3. The van der Waals surface area contributed by atoms with Gasteiger partial charge in [-0.25, -0.2) is 0 Å². The third-order valence-electron chi connectivity index (χ3n) is 1.91. The van der Waals surface area contributed by atoms with Gasteiger partial charge in [0.15, 0.2) is 0 Å².